The molecule has 1 aliphatic rings. The molecule has 126 valence electrons. The molecule has 2 aromatic carbocycles. The van der Waals surface area contributed by atoms with E-state index in [4.69, 9.17) is 4.42 Å². The number of carbonyl (C=O) groups excluding carboxylic acids is 1. The van der Waals surface area contributed by atoms with E-state index in [9.17, 15) is 4.79 Å². The summed E-state index contributed by atoms with van der Waals surface area (Å²) < 4.78 is 6.45. The minimum atomic E-state index is -0.290. The van der Waals surface area contributed by atoms with Gasteiger partial charge in [-0.1, -0.05) is 33.2 Å². The van der Waals surface area contributed by atoms with Gasteiger partial charge in [-0.15, -0.1) is 5.10 Å². The number of amides is 1. The smallest absolute Gasteiger partial charge is 0.322 e. The van der Waals surface area contributed by atoms with Crippen molar-refractivity contribution < 1.29 is 9.21 Å². The van der Waals surface area contributed by atoms with Gasteiger partial charge in [0, 0.05) is 15.6 Å². The second-order valence-corrected chi connectivity index (χ2v) is 6.98. The molecule has 4 rings (SSSR count). The molecule has 0 fully saturated rings. The van der Waals surface area contributed by atoms with E-state index in [1.807, 2.05) is 12.1 Å². The second-order valence-electron chi connectivity index (χ2n) is 6.07. The van der Waals surface area contributed by atoms with Crippen LogP contribution in [0.1, 0.15) is 34.3 Å². The molecular weight excluding hydrogens is 382 g/mol. The Balaban J connectivity index is 1.53. The van der Waals surface area contributed by atoms with Gasteiger partial charge in [0.1, 0.15) is 0 Å². The highest BCUT2D eigenvalue weighted by molar-refractivity contribution is 9.10. The normalized spacial score (nSPS) is 13.3. The number of rotatable bonds is 3. The third-order valence-corrected chi connectivity index (χ3v) is 4.82. The third-order valence-electron chi connectivity index (χ3n) is 4.33. The van der Waals surface area contributed by atoms with E-state index in [-0.39, 0.29) is 11.9 Å². The lowest BCUT2D eigenvalue weighted by molar-refractivity contribution is 0.102. The van der Waals surface area contributed by atoms with Crippen molar-refractivity contribution in [3.05, 3.63) is 63.6 Å². The first-order valence-electron chi connectivity index (χ1n) is 8.22. The van der Waals surface area contributed by atoms with E-state index in [0.717, 1.165) is 22.9 Å². The van der Waals surface area contributed by atoms with Crippen molar-refractivity contribution in [3.63, 3.8) is 0 Å². The lowest BCUT2D eigenvalue weighted by Gasteiger charge is -2.15. The monoisotopic (exact) mass is 397 g/mol. The summed E-state index contributed by atoms with van der Waals surface area (Å²) in [6, 6.07) is 13.4. The summed E-state index contributed by atoms with van der Waals surface area (Å²) in [5.74, 6) is 0.125. The van der Waals surface area contributed by atoms with E-state index in [0.29, 0.717) is 11.5 Å². The maximum absolute atomic E-state index is 12.2. The molecule has 1 N–H and O–H groups in total. The summed E-state index contributed by atoms with van der Waals surface area (Å²) in [5.41, 5.74) is 4.15. The molecule has 0 saturated carbocycles. The van der Waals surface area contributed by atoms with Crippen LogP contribution in [0.5, 0.6) is 0 Å². The molecule has 0 saturated heterocycles. The zero-order valence-corrected chi connectivity index (χ0v) is 15.0. The average molecular weight is 398 g/mol. The quantitative estimate of drug-likeness (QED) is 0.699. The lowest BCUT2D eigenvalue weighted by atomic mass is 9.90. The van der Waals surface area contributed by atoms with Gasteiger partial charge < -0.3 is 4.42 Å². The number of aromatic nitrogens is 2. The number of benzene rings is 2. The number of nitrogens with zero attached hydrogens (tertiary/aromatic N) is 2. The lowest BCUT2D eigenvalue weighted by Crippen LogP contribution is -2.11. The van der Waals surface area contributed by atoms with Crippen molar-refractivity contribution in [2.24, 2.45) is 0 Å². The third kappa shape index (κ3) is 3.49. The van der Waals surface area contributed by atoms with Gasteiger partial charge in [-0.05, 0) is 67.1 Å². The summed E-state index contributed by atoms with van der Waals surface area (Å²) in [6.07, 6.45) is 4.68. The number of fused-ring (bicyclic) bond motifs is 1. The van der Waals surface area contributed by atoms with E-state index in [1.54, 1.807) is 18.2 Å². The van der Waals surface area contributed by atoms with Crippen molar-refractivity contribution in [2.45, 2.75) is 25.7 Å². The summed E-state index contributed by atoms with van der Waals surface area (Å²) in [5, 5.41) is 10.6. The first kappa shape index (κ1) is 16.0. The molecule has 1 aliphatic carbocycles. The zero-order chi connectivity index (χ0) is 17.2. The Labute approximate surface area is 153 Å². The summed E-state index contributed by atoms with van der Waals surface area (Å²) in [6.45, 7) is 0. The van der Waals surface area contributed by atoms with Gasteiger partial charge in [0.15, 0.2) is 0 Å². The van der Waals surface area contributed by atoms with Crippen molar-refractivity contribution in [2.75, 3.05) is 5.32 Å². The fourth-order valence-corrected chi connectivity index (χ4v) is 3.46. The molecule has 6 heteroatoms. The number of aryl methyl sites for hydroxylation is 2. The summed E-state index contributed by atoms with van der Waals surface area (Å²) in [7, 11) is 0. The predicted octanol–water partition coefficient (Wildman–Crippen LogP) is 4.63. The summed E-state index contributed by atoms with van der Waals surface area (Å²) in [4.78, 5) is 12.2. The fourth-order valence-electron chi connectivity index (χ4n) is 3.06. The predicted molar refractivity (Wildman–Crippen MR) is 98.5 cm³/mol. The molecule has 0 radical (unpaired) electrons. The molecule has 1 aromatic heterocycles. The van der Waals surface area contributed by atoms with E-state index < -0.39 is 0 Å². The van der Waals surface area contributed by atoms with Crippen molar-refractivity contribution >= 4 is 27.9 Å². The van der Waals surface area contributed by atoms with Crippen LogP contribution < -0.4 is 5.32 Å². The largest absolute Gasteiger partial charge is 0.403 e. The SMILES string of the molecule is O=C(Nc1nnc(-c2ccc3c(c2)CCCC3)o1)c1cccc(Br)c1. The van der Waals surface area contributed by atoms with Crippen LogP contribution in [0, 0.1) is 0 Å². The number of anilines is 1. The zero-order valence-electron chi connectivity index (χ0n) is 13.5. The summed E-state index contributed by atoms with van der Waals surface area (Å²) >= 11 is 3.35. The molecule has 0 aliphatic heterocycles. The molecule has 0 unspecified atom stereocenters. The Morgan fingerprint density at radius 1 is 1.04 bits per heavy atom. The maximum Gasteiger partial charge on any atom is 0.322 e. The van der Waals surface area contributed by atoms with Gasteiger partial charge in [0.05, 0.1) is 0 Å². The number of carbonyl (C=O) groups is 1. The maximum atomic E-state index is 12.2. The van der Waals surface area contributed by atoms with Gasteiger partial charge in [-0.3, -0.25) is 10.1 Å². The van der Waals surface area contributed by atoms with Crippen LogP contribution in [-0.2, 0) is 12.8 Å². The molecular formula is C19H16BrN3O2. The number of halogens is 1. The highest BCUT2D eigenvalue weighted by atomic mass is 79.9. The second kappa shape index (κ2) is 6.80. The van der Waals surface area contributed by atoms with Crippen LogP contribution in [0.2, 0.25) is 0 Å². The first-order valence-corrected chi connectivity index (χ1v) is 9.01. The standard InChI is InChI=1S/C19H16BrN3O2/c20-16-7-3-6-14(11-16)17(24)21-19-23-22-18(25-19)15-9-8-12-4-1-2-5-13(12)10-15/h3,6-11H,1-2,4-5H2,(H,21,23,24). The van der Waals surface area contributed by atoms with Crippen LogP contribution >= 0.6 is 15.9 Å². The highest BCUT2D eigenvalue weighted by Gasteiger charge is 2.15. The van der Waals surface area contributed by atoms with Crippen molar-refractivity contribution in [1.29, 1.82) is 0 Å². The van der Waals surface area contributed by atoms with Gasteiger partial charge in [-0.2, -0.15) is 0 Å². The van der Waals surface area contributed by atoms with Gasteiger partial charge in [0.25, 0.3) is 5.91 Å². The Morgan fingerprint density at radius 2 is 1.88 bits per heavy atom. The van der Waals surface area contributed by atoms with Crippen LogP contribution in [0.25, 0.3) is 11.5 Å². The van der Waals surface area contributed by atoms with E-state index >= 15 is 0 Å². The molecule has 0 atom stereocenters. The fraction of sp³-hybridized carbons (Fsp3) is 0.211. The van der Waals surface area contributed by atoms with Crippen LogP contribution in [0.15, 0.2) is 51.4 Å². The van der Waals surface area contributed by atoms with Gasteiger partial charge in [0.2, 0.25) is 5.89 Å². The Kier molecular flexibility index (Phi) is 4.36. The van der Waals surface area contributed by atoms with Gasteiger partial charge >= 0.3 is 6.01 Å². The number of hydrogen-bond donors (Lipinski definition) is 1. The van der Waals surface area contributed by atoms with Crippen LogP contribution in [-0.4, -0.2) is 16.1 Å². The van der Waals surface area contributed by atoms with Crippen molar-refractivity contribution in [3.8, 4) is 11.5 Å². The molecule has 1 amide bonds. The minimum absolute atomic E-state index is 0.0951. The Hall–Kier alpha value is -2.47. The average Bonchev–Trinajstić information content (AvgIpc) is 3.10. The molecule has 3 aromatic rings. The van der Waals surface area contributed by atoms with Crippen LogP contribution in [0.4, 0.5) is 6.01 Å². The topological polar surface area (TPSA) is 68.0 Å². The van der Waals surface area contributed by atoms with E-state index in [2.05, 4.69) is 43.6 Å². The minimum Gasteiger partial charge on any atom is -0.403 e. The molecule has 0 bridgehead atoms. The first-order chi connectivity index (χ1) is 12.2. The molecule has 0 spiro atoms. The van der Waals surface area contributed by atoms with Crippen molar-refractivity contribution in [1.82, 2.24) is 10.2 Å². The Bertz CT molecular complexity index is 936. The van der Waals surface area contributed by atoms with E-state index in [1.165, 1.54) is 24.0 Å². The van der Waals surface area contributed by atoms with Crippen LogP contribution in [0.3, 0.4) is 0 Å². The number of hydrogen-bond acceptors (Lipinski definition) is 4. The molecule has 25 heavy (non-hydrogen) atoms. The highest BCUT2D eigenvalue weighted by Crippen LogP contribution is 2.27. The molecule has 1 heterocycles. The Morgan fingerprint density at radius 3 is 2.72 bits per heavy atom. The molecule has 5 nitrogen and oxygen atoms in total. The number of nitrogens with one attached hydrogen (secondary N) is 1. The van der Waals surface area contributed by atoms with Gasteiger partial charge in [-0.25, -0.2) is 0 Å².